The summed E-state index contributed by atoms with van der Waals surface area (Å²) in [6.45, 7) is 4.07. The van der Waals surface area contributed by atoms with E-state index in [1.165, 1.54) is 0 Å². The molecule has 4 rings (SSSR count). The van der Waals surface area contributed by atoms with Gasteiger partial charge in [0.25, 0.3) is 0 Å². The second-order valence-electron chi connectivity index (χ2n) is 7.87. The molecule has 3 aromatic rings. The van der Waals surface area contributed by atoms with Crippen LogP contribution in [0, 0.1) is 17.8 Å². The summed E-state index contributed by atoms with van der Waals surface area (Å²) >= 11 is 0. The average molecular weight is 422 g/mol. The predicted octanol–water partition coefficient (Wildman–Crippen LogP) is 1.28. The molecule has 1 saturated heterocycles. The molecule has 2 aromatic heterocycles. The number of rotatable bonds is 7. The van der Waals surface area contributed by atoms with E-state index in [1.54, 1.807) is 19.3 Å². The Morgan fingerprint density at radius 2 is 2.00 bits per heavy atom. The Hall–Kier alpha value is -2.96. The molecule has 0 radical (unpaired) electrons. The lowest BCUT2D eigenvalue weighted by atomic mass is 9.99. The zero-order chi connectivity index (χ0) is 21.8. The van der Waals surface area contributed by atoms with Crippen LogP contribution in [-0.4, -0.2) is 67.3 Å². The van der Waals surface area contributed by atoms with Crippen molar-refractivity contribution in [3.8, 4) is 23.2 Å². The van der Waals surface area contributed by atoms with Crippen molar-refractivity contribution in [3.05, 3.63) is 59.8 Å². The Kier molecular flexibility index (Phi) is 6.49. The second kappa shape index (κ2) is 9.45. The SMILES string of the molecule is C[C@H](O)c1nccn1Cc1cc(-c2ccc(C#CC3CN(C[C@H](O)CO)C3)cc2)on1. The van der Waals surface area contributed by atoms with Crippen molar-refractivity contribution in [2.45, 2.75) is 25.7 Å². The maximum atomic E-state index is 9.78. The van der Waals surface area contributed by atoms with E-state index in [4.69, 9.17) is 9.63 Å². The van der Waals surface area contributed by atoms with Crippen molar-refractivity contribution in [1.29, 1.82) is 0 Å². The number of imidazole rings is 1. The molecule has 31 heavy (non-hydrogen) atoms. The van der Waals surface area contributed by atoms with Crippen molar-refractivity contribution in [2.24, 2.45) is 5.92 Å². The van der Waals surface area contributed by atoms with Crippen LogP contribution in [0.25, 0.3) is 11.3 Å². The highest BCUT2D eigenvalue weighted by atomic mass is 16.5. The summed E-state index contributed by atoms with van der Waals surface area (Å²) in [5.41, 5.74) is 2.59. The van der Waals surface area contributed by atoms with Gasteiger partial charge in [0.15, 0.2) is 5.76 Å². The number of nitrogens with zero attached hydrogens (tertiary/aromatic N) is 4. The molecule has 0 saturated carbocycles. The van der Waals surface area contributed by atoms with Crippen molar-refractivity contribution in [1.82, 2.24) is 19.6 Å². The third-order valence-electron chi connectivity index (χ3n) is 5.24. The van der Waals surface area contributed by atoms with Crippen LogP contribution in [0.15, 0.2) is 47.2 Å². The molecule has 2 atom stereocenters. The van der Waals surface area contributed by atoms with Crippen LogP contribution in [0.2, 0.25) is 0 Å². The summed E-state index contributed by atoms with van der Waals surface area (Å²) in [6, 6.07) is 9.71. The molecule has 3 heterocycles. The molecular formula is C23H26N4O4. The standard InChI is InChI=1S/C23H26N4O4/c1-16(29)23-24-8-9-27(23)13-20-10-22(31-25-20)19-6-4-17(5-7-19)2-3-18-11-26(12-18)14-21(30)15-28/h4-10,16,18,21,28-30H,11-15H2,1H3/t16-,21-/m0/s1. The molecule has 1 aliphatic heterocycles. The van der Waals surface area contributed by atoms with Gasteiger partial charge in [0.05, 0.1) is 19.3 Å². The first kappa shape index (κ1) is 21.3. The van der Waals surface area contributed by atoms with Crippen LogP contribution in [0.3, 0.4) is 0 Å². The highest BCUT2D eigenvalue weighted by Crippen LogP contribution is 2.22. The number of aliphatic hydroxyl groups is 3. The normalized spacial score (nSPS) is 16.4. The van der Waals surface area contributed by atoms with Gasteiger partial charge in [-0.1, -0.05) is 17.0 Å². The largest absolute Gasteiger partial charge is 0.394 e. The fourth-order valence-electron chi connectivity index (χ4n) is 3.59. The Bertz CT molecular complexity index is 1060. The number of benzene rings is 1. The number of hydrogen-bond acceptors (Lipinski definition) is 7. The lowest BCUT2D eigenvalue weighted by Gasteiger charge is -2.37. The quantitative estimate of drug-likeness (QED) is 0.492. The van der Waals surface area contributed by atoms with E-state index in [0.717, 1.165) is 29.9 Å². The van der Waals surface area contributed by atoms with Gasteiger partial charge in [-0.3, -0.25) is 4.90 Å². The van der Waals surface area contributed by atoms with Gasteiger partial charge in [0.1, 0.15) is 17.6 Å². The van der Waals surface area contributed by atoms with E-state index in [9.17, 15) is 10.2 Å². The third kappa shape index (κ3) is 5.21. The van der Waals surface area contributed by atoms with Gasteiger partial charge in [0.2, 0.25) is 0 Å². The molecule has 3 N–H and O–H groups in total. The summed E-state index contributed by atoms with van der Waals surface area (Å²) in [6.07, 6.45) is 2.13. The van der Waals surface area contributed by atoms with E-state index in [2.05, 4.69) is 26.9 Å². The van der Waals surface area contributed by atoms with E-state index >= 15 is 0 Å². The van der Waals surface area contributed by atoms with E-state index in [-0.39, 0.29) is 12.5 Å². The lowest BCUT2D eigenvalue weighted by Crippen LogP contribution is -2.49. The first-order valence-corrected chi connectivity index (χ1v) is 10.3. The van der Waals surface area contributed by atoms with Gasteiger partial charge < -0.3 is 24.4 Å². The van der Waals surface area contributed by atoms with Crippen LogP contribution in [-0.2, 0) is 6.54 Å². The monoisotopic (exact) mass is 422 g/mol. The topological polar surface area (TPSA) is 108 Å². The maximum absolute atomic E-state index is 9.78. The number of likely N-dealkylation sites (tertiary alicyclic amines) is 1. The summed E-state index contributed by atoms with van der Waals surface area (Å²) in [7, 11) is 0. The van der Waals surface area contributed by atoms with Crippen molar-refractivity contribution < 1.29 is 19.8 Å². The second-order valence-corrected chi connectivity index (χ2v) is 7.87. The smallest absolute Gasteiger partial charge is 0.167 e. The van der Waals surface area contributed by atoms with E-state index in [1.807, 2.05) is 34.9 Å². The van der Waals surface area contributed by atoms with Crippen LogP contribution < -0.4 is 0 Å². The number of β-amino-alcohol motifs (C(OH)–C–C–N with tert-alkyl or cyclic N) is 1. The molecule has 0 unspecified atom stereocenters. The predicted molar refractivity (Wildman–Crippen MR) is 114 cm³/mol. The lowest BCUT2D eigenvalue weighted by molar-refractivity contribution is 0.0269. The highest BCUT2D eigenvalue weighted by molar-refractivity contribution is 5.59. The first-order valence-electron chi connectivity index (χ1n) is 10.3. The van der Waals surface area contributed by atoms with Crippen LogP contribution in [0.5, 0.6) is 0 Å². The van der Waals surface area contributed by atoms with Crippen LogP contribution in [0.4, 0.5) is 0 Å². The molecule has 1 fully saturated rings. The first-order chi connectivity index (χ1) is 15.0. The molecule has 0 amide bonds. The van der Waals surface area contributed by atoms with Gasteiger partial charge in [0, 0.05) is 55.1 Å². The van der Waals surface area contributed by atoms with E-state index in [0.29, 0.717) is 24.7 Å². The maximum Gasteiger partial charge on any atom is 0.167 e. The van der Waals surface area contributed by atoms with Gasteiger partial charge in [-0.25, -0.2) is 4.98 Å². The van der Waals surface area contributed by atoms with Crippen LogP contribution in [0.1, 0.15) is 30.1 Å². The third-order valence-corrected chi connectivity index (χ3v) is 5.24. The number of aliphatic hydroxyl groups excluding tert-OH is 3. The Morgan fingerprint density at radius 1 is 1.23 bits per heavy atom. The van der Waals surface area contributed by atoms with Gasteiger partial charge >= 0.3 is 0 Å². The summed E-state index contributed by atoms with van der Waals surface area (Å²) in [5.74, 6) is 8.00. The summed E-state index contributed by atoms with van der Waals surface area (Å²) in [4.78, 5) is 6.25. The minimum Gasteiger partial charge on any atom is -0.394 e. The minimum atomic E-state index is -0.682. The molecule has 1 aromatic carbocycles. The zero-order valence-electron chi connectivity index (χ0n) is 17.3. The summed E-state index contributed by atoms with van der Waals surface area (Å²) in [5, 5.41) is 32.2. The Morgan fingerprint density at radius 3 is 2.71 bits per heavy atom. The van der Waals surface area contributed by atoms with Gasteiger partial charge in [-0.05, 0) is 31.2 Å². The van der Waals surface area contributed by atoms with Crippen LogP contribution >= 0.6 is 0 Å². The molecule has 8 heteroatoms. The molecule has 0 spiro atoms. The average Bonchev–Trinajstić information content (AvgIpc) is 3.40. The molecule has 162 valence electrons. The molecular weight excluding hydrogens is 396 g/mol. The summed E-state index contributed by atoms with van der Waals surface area (Å²) < 4.78 is 7.34. The zero-order valence-corrected chi connectivity index (χ0v) is 17.3. The Balaban J connectivity index is 1.34. The molecule has 8 nitrogen and oxygen atoms in total. The fraction of sp³-hybridized carbons (Fsp3) is 0.391. The van der Waals surface area contributed by atoms with Crippen molar-refractivity contribution in [3.63, 3.8) is 0 Å². The molecule has 0 bridgehead atoms. The minimum absolute atomic E-state index is 0.210. The van der Waals surface area contributed by atoms with Crippen molar-refractivity contribution >= 4 is 0 Å². The van der Waals surface area contributed by atoms with Gasteiger partial charge in [-0.15, -0.1) is 0 Å². The molecule has 0 aliphatic carbocycles. The Labute approximate surface area is 180 Å². The fourth-order valence-corrected chi connectivity index (χ4v) is 3.59. The van der Waals surface area contributed by atoms with E-state index < -0.39 is 12.2 Å². The van der Waals surface area contributed by atoms with Gasteiger partial charge in [-0.2, -0.15) is 0 Å². The highest BCUT2D eigenvalue weighted by Gasteiger charge is 2.26. The number of hydrogen-bond donors (Lipinski definition) is 3. The number of aromatic nitrogens is 3. The van der Waals surface area contributed by atoms with Crippen molar-refractivity contribution in [2.75, 3.05) is 26.2 Å². The molecule has 1 aliphatic rings.